The van der Waals surface area contributed by atoms with Crippen molar-refractivity contribution < 1.29 is 4.79 Å². The molecule has 1 fully saturated rings. The summed E-state index contributed by atoms with van der Waals surface area (Å²) in [6, 6.07) is 0. The molecule has 0 radical (unpaired) electrons. The van der Waals surface area contributed by atoms with Crippen molar-refractivity contribution in [2.45, 2.75) is 37.9 Å². The normalized spacial score (nSPS) is 15.3. The maximum atomic E-state index is 11.5. The van der Waals surface area contributed by atoms with E-state index in [1.165, 1.54) is 11.8 Å². The maximum Gasteiger partial charge on any atom is 0.343 e. The van der Waals surface area contributed by atoms with Gasteiger partial charge in [-0.25, -0.2) is 9.89 Å². The van der Waals surface area contributed by atoms with E-state index < -0.39 is 0 Å². The van der Waals surface area contributed by atoms with Crippen LogP contribution in [0.3, 0.4) is 0 Å². The topological polar surface area (TPSA) is 67.8 Å². The van der Waals surface area contributed by atoms with Crippen LogP contribution in [0.5, 0.6) is 0 Å². The summed E-state index contributed by atoms with van der Waals surface area (Å²) in [5.41, 5.74) is -0.191. The van der Waals surface area contributed by atoms with Gasteiger partial charge in [0.05, 0.1) is 5.75 Å². The number of thioether (sulfide) groups is 1. The van der Waals surface area contributed by atoms with Gasteiger partial charge in [-0.3, -0.25) is 9.36 Å². The van der Waals surface area contributed by atoms with Crippen molar-refractivity contribution in [1.29, 1.82) is 0 Å². The standard InChI is InChI=1S/C10H15N3O2S/c1-2-5-13-9(15)11-12-10(13)16-6-8(14)7-3-4-7/h7H,2-6H2,1H3,(H,11,15). The van der Waals surface area contributed by atoms with Crippen molar-refractivity contribution in [1.82, 2.24) is 14.8 Å². The fourth-order valence-electron chi connectivity index (χ4n) is 1.49. The third-order valence-electron chi connectivity index (χ3n) is 2.55. The molecule has 1 saturated carbocycles. The Morgan fingerprint density at radius 3 is 3.00 bits per heavy atom. The molecule has 0 unspecified atom stereocenters. The zero-order valence-corrected chi connectivity index (χ0v) is 10.0. The van der Waals surface area contributed by atoms with E-state index in [4.69, 9.17) is 0 Å². The van der Waals surface area contributed by atoms with Crippen molar-refractivity contribution in [2.75, 3.05) is 5.75 Å². The van der Waals surface area contributed by atoms with Crippen LogP contribution in [0, 0.1) is 5.92 Å². The average molecular weight is 241 g/mol. The van der Waals surface area contributed by atoms with E-state index in [0.717, 1.165) is 19.3 Å². The molecule has 0 atom stereocenters. The summed E-state index contributed by atoms with van der Waals surface area (Å²) in [6.07, 6.45) is 2.94. The van der Waals surface area contributed by atoms with E-state index >= 15 is 0 Å². The van der Waals surface area contributed by atoms with Crippen LogP contribution in [-0.4, -0.2) is 26.3 Å². The van der Waals surface area contributed by atoms with Gasteiger partial charge in [0.15, 0.2) is 5.16 Å². The molecule has 5 nitrogen and oxygen atoms in total. The average Bonchev–Trinajstić information content (AvgIpc) is 3.05. The lowest BCUT2D eigenvalue weighted by Crippen LogP contribution is -2.17. The summed E-state index contributed by atoms with van der Waals surface area (Å²) in [5, 5.41) is 6.96. The molecule has 0 amide bonds. The highest BCUT2D eigenvalue weighted by molar-refractivity contribution is 7.99. The molecule has 1 aromatic heterocycles. The van der Waals surface area contributed by atoms with E-state index in [-0.39, 0.29) is 17.4 Å². The lowest BCUT2D eigenvalue weighted by molar-refractivity contribution is -0.117. The number of aromatic nitrogens is 3. The number of hydrogen-bond acceptors (Lipinski definition) is 4. The minimum absolute atomic E-state index is 0.191. The third-order valence-corrected chi connectivity index (χ3v) is 3.55. The molecule has 0 spiro atoms. The number of aromatic amines is 1. The Bertz CT molecular complexity index is 434. The third kappa shape index (κ3) is 2.55. The van der Waals surface area contributed by atoms with E-state index in [1.807, 2.05) is 6.92 Å². The first-order valence-electron chi connectivity index (χ1n) is 5.53. The van der Waals surface area contributed by atoms with Crippen molar-refractivity contribution >= 4 is 17.5 Å². The van der Waals surface area contributed by atoms with Crippen LogP contribution in [0.2, 0.25) is 0 Å². The van der Waals surface area contributed by atoms with Crippen LogP contribution in [0.15, 0.2) is 9.95 Å². The van der Waals surface area contributed by atoms with Gasteiger partial charge in [0, 0.05) is 12.5 Å². The monoisotopic (exact) mass is 241 g/mol. The molecule has 0 bridgehead atoms. The van der Waals surface area contributed by atoms with Crippen LogP contribution in [-0.2, 0) is 11.3 Å². The first-order valence-corrected chi connectivity index (χ1v) is 6.51. The second-order valence-corrected chi connectivity index (χ2v) is 4.93. The quantitative estimate of drug-likeness (QED) is 0.756. The zero-order chi connectivity index (χ0) is 11.5. The number of Topliss-reactive ketones (excluding diaryl/α,β-unsaturated/α-hetero) is 1. The van der Waals surface area contributed by atoms with Gasteiger partial charge < -0.3 is 0 Å². The number of carbonyl (C=O) groups excluding carboxylic acids is 1. The second-order valence-electron chi connectivity index (χ2n) is 3.99. The van der Waals surface area contributed by atoms with Crippen LogP contribution in [0.25, 0.3) is 0 Å². The first kappa shape index (κ1) is 11.4. The highest BCUT2D eigenvalue weighted by atomic mass is 32.2. The SMILES string of the molecule is CCCn1c(SCC(=O)C2CC2)n[nH]c1=O. The Morgan fingerprint density at radius 1 is 1.62 bits per heavy atom. The van der Waals surface area contributed by atoms with Gasteiger partial charge in [0.25, 0.3) is 0 Å². The highest BCUT2D eigenvalue weighted by Crippen LogP contribution is 2.31. The Kier molecular flexibility index (Phi) is 3.48. The lowest BCUT2D eigenvalue weighted by Gasteiger charge is -2.02. The molecule has 6 heteroatoms. The largest absolute Gasteiger partial charge is 0.343 e. The van der Waals surface area contributed by atoms with Gasteiger partial charge in [-0.2, -0.15) is 0 Å². The lowest BCUT2D eigenvalue weighted by atomic mass is 10.3. The van der Waals surface area contributed by atoms with E-state index in [0.29, 0.717) is 17.5 Å². The van der Waals surface area contributed by atoms with Gasteiger partial charge in [0.2, 0.25) is 0 Å². The zero-order valence-electron chi connectivity index (χ0n) is 9.23. The molecule has 0 aliphatic heterocycles. The maximum absolute atomic E-state index is 11.5. The van der Waals surface area contributed by atoms with Crippen molar-refractivity contribution in [2.24, 2.45) is 5.92 Å². The van der Waals surface area contributed by atoms with Crippen LogP contribution in [0.4, 0.5) is 0 Å². The summed E-state index contributed by atoms with van der Waals surface area (Å²) in [5.74, 6) is 0.986. The Balaban J connectivity index is 1.97. The molecule has 0 saturated heterocycles. The summed E-state index contributed by atoms with van der Waals surface area (Å²) in [4.78, 5) is 22.9. The minimum atomic E-state index is -0.191. The second kappa shape index (κ2) is 4.86. The molecular formula is C10H15N3O2S. The van der Waals surface area contributed by atoms with Gasteiger partial charge >= 0.3 is 5.69 Å². The molecule has 1 N–H and O–H groups in total. The Hall–Kier alpha value is -1.04. The van der Waals surface area contributed by atoms with Crippen molar-refractivity contribution in [3.05, 3.63) is 10.5 Å². The van der Waals surface area contributed by atoms with Crippen LogP contribution >= 0.6 is 11.8 Å². The fraction of sp³-hybridized carbons (Fsp3) is 0.700. The molecule has 1 aromatic rings. The number of nitrogens with zero attached hydrogens (tertiary/aromatic N) is 2. The molecule has 88 valence electrons. The molecule has 2 rings (SSSR count). The summed E-state index contributed by atoms with van der Waals surface area (Å²) in [7, 11) is 0. The Morgan fingerprint density at radius 2 is 2.38 bits per heavy atom. The van der Waals surface area contributed by atoms with Crippen molar-refractivity contribution in [3.63, 3.8) is 0 Å². The summed E-state index contributed by atoms with van der Waals surface area (Å²) in [6.45, 7) is 2.65. The number of ketones is 1. The van der Waals surface area contributed by atoms with E-state index in [2.05, 4.69) is 10.2 Å². The van der Waals surface area contributed by atoms with Gasteiger partial charge in [-0.15, -0.1) is 5.10 Å². The summed E-state index contributed by atoms with van der Waals surface area (Å²) >= 11 is 1.36. The molecule has 1 aliphatic carbocycles. The number of hydrogen-bond donors (Lipinski definition) is 1. The number of rotatable bonds is 6. The minimum Gasteiger partial charge on any atom is -0.298 e. The highest BCUT2D eigenvalue weighted by Gasteiger charge is 2.29. The van der Waals surface area contributed by atoms with Gasteiger partial charge in [-0.05, 0) is 19.3 Å². The van der Waals surface area contributed by atoms with E-state index in [1.54, 1.807) is 4.57 Å². The molecule has 16 heavy (non-hydrogen) atoms. The number of nitrogens with one attached hydrogen (secondary N) is 1. The molecular weight excluding hydrogens is 226 g/mol. The van der Waals surface area contributed by atoms with Gasteiger partial charge in [-0.1, -0.05) is 18.7 Å². The molecule has 1 aliphatic rings. The van der Waals surface area contributed by atoms with Gasteiger partial charge in [0.1, 0.15) is 5.78 Å². The number of carbonyl (C=O) groups is 1. The summed E-state index contributed by atoms with van der Waals surface area (Å²) < 4.78 is 1.59. The molecule has 1 heterocycles. The van der Waals surface area contributed by atoms with E-state index in [9.17, 15) is 9.59 Å². The van der Waals surface area contributed by atoms with Crippen LogP contribution in [0.1, 0.15) is 26.2 Å². The Labute approximate surface area is 97.6 Å². The smallest absolute Gasteiger partial charge is 0.298 e. The molecule has 0 aromatic carbocycles. The predicted molar refractivity (Wildman–Crippen MR) is 61.6 cm³/mol. The number of H-pyrrole nitrogens is 1. The van der Waals surface area contributed by atoms with Crippen LogP contribution < -0.4 is 5.69 Å². The first-order chi connectivity index (χ1) is 7.72. The predicted octanol–water partition coefficient (Wildman–Crippen LogP) is 1.05. The fourth-order valence-corrected chi connectivity index (χ4v) is 2.44. The van der Waals surface area contributed by atoms with Crippen molar-refractivity contribution in [3.8, 4) is 0 Å².